The normalized spacial score (nSPS) is 16.4. The van der Waals surface area contributed by atoms with E-state index in [0.29, 0.717) is 5.82 Å². The second kappa shape index (κ2) is 5.74. The first kappa shape index (κ1) is 13.4. The summed E-state index contributed by atoms with van der Waals surface area (Å²) in [5, 5.41) is 22.4. The average molecular weight is 283 g/mol. The van der Waals surface area contributed by atoms with Crippen LogP contribution in [-0.4, -0.2) is 45.5 Å². The van der Waals surface area contributed by atoms with Gasteiger partial charge in [0.2, 0.25) is 0 Å². The van der Waals surface area contributed by atoms with E-state index >= 15 is 0 Å². The van der Waals surface area contributed by atoms with Crippen LogP contribution in [0.25, 0.3) is 0 Å². The molecular weight excluding hydrogens is 270 g/mol. The van der Waals surface area contributed by atoms with E-state index in [0.717, 1.165) is 24.6 Å². The van der Waals surface area contributed by atoms with Crippen molar-refractivity contribution in [2.24, 2.45) is 10.9 Å². The smallest absolute Gasteiger partial charge is 0.298 e. The van der Waals surface area contributed by atoms with Gasteiger partial charge in [0.25, 0.3) is 5.69 Å². The number of nitrogens with zero attached hydrogens (tertiary/aromatic N) is 4. The Hall–Kier alpha value is -2.03. The van der Waals surface area contributed by atoms with Crippen LogP contribution in [0.15, 0.2) is 17.3 Å². The molecule has 1 saturated heterocycles. The molecule has 0 atom stereocenters. The largest absolute Gasteiger partial charge is 0.409 e. The van der Waals surface area contributed by atoms with E-state index in [-0.39, 0.29) is 17.2 Å². The molecule has 3 N–H and O–H groups in total. The first-order valence-corrected chi connectivity index (χ1v) is 6.75. The molecule has 2 heterocycles. The Bertz CT molecular complexity index is 516. The van der Waals surface area contributed by atoms with Gasteiger partial charge < -0.3 is 15.8 Å². The molecule has 0 amide bonds. The van der Waals surface area contributed by atoms with E-state index < -0.39 is 4.92 Å². The van der Waals surface area contributed by atoms with E-state index in [4.69, 9.17) is 10.9 Å². The number of aromatic nitrogens is 1. The van der Waals surface area contributed by atoms with E-state index in [1.165, 1.54) is 6.07 Å². The molecule has 1 aliphatic rings. The van der Waals surface area contributed by atoms with Crippen molar-refractivity contribution in [1.29, 1.82) is 0 Å². The Morgan fingerprint density at radius 3 is 2.79 bits per heavy atom. The summed E-state index contributed by atoms with van der Waals surface area (Å²) in [5.41, 5.74) is 5.06. The van der Waals surface area contributed by atoms with Crippen molar-refractivity contribution >= 4 is 29.1 Å². The van der Waals surface area contributed by atoms with Crippen LogP contribution in [0.3, 0.4) is 0 Å². The van der Waals surface area contributed by atoms with E-state index in [1.807, 2.05) is 16.7 Å². The average Bonchev–Trinajstić information content (AvgIpc) is 2.46. The molecule has 1 aromatic rings. The number of amidine groups is 1. The van der Waals surface area contributed by atoms with Gasteiger partial charge in [0.1, 0.15) is 5.82 Å². The maximum Gasteiger partial charge on any atom is 0.298 e. The number of thioether (sulfide) groups is 1. The molecule has 1 fully saturated rings. The van der Waals surface area contributed by atoms with Crippen LogP contribution in [0.2, 0.25) is 0 Å². The molecule has 2 rings (SSSR count). The third-order valence-corrected chi connectivity index (χ3v) is 3.68. The van der Waals surface area contributed by atoms with Crippen molar-refractivity contribution in [1.82, 2.24) is 4.98 Å². The van der Waals surface area contributed by atoms with Gasteiger partial charge >= 0.3 is 0 Å². The summed E-state index contributed by atoms with van der Waals surface area (Å²) in [7, 11) is 0. The van der Waals surface area contributed by atoms with Gasteiger partial charge in [0.15, 0.2) is 11.5 Å². The number of anilines is 1. The maximum absolute atomic E-state index is 10.9. The highest BCUT2D eigenvalue weighted by molar-refractivity contribution is 7.99. The second-order valence-electron chi connectivity index (χ2n) is 3.88. The molecule has 19 heavy (non-hydrogen) atoms. The molecule has 0 aromatic carbocycles. The topological polar surface area (TPSA) is 118 Å². The zero-order chi connectivity index (χ0) is 13.8. The fraction of sp³-hybridized carbons (Fsp3) is 0.400. The van der Waals surface area contributed by atoms with Crippen LogP contribution in [0.4, 0.5) is 11.5 Å². The molecule has 0 radical (unpaired) electrons. The van der Waals surface area contributed by atoms with Crippen LogP contribution in [-0.2, 0) is 0 Å². The Labute approximate surface area is 113 Å². The fourth-order valence-corrected chi connectivity index (χ4v) is 2.70. The summed E-state index contributed by atoms with van der Waals surface area (Å²) >= 11 is 1.85. The van der Waals surface area contributed by atoms with Crippen LogP contribution < -0.4 is 10.6 Å². The SMILES string of the molecule is N/C(=N/O)c1nc(N2CCSCC2)ccc1[N+](=O)[O-]. The molecular formula is C10H13N5O3S. The monoisotopic (exact) mass is 283 g/mol. The zero-order valence-electron chi connectivity index (χ0n) is 10.0. The predicted molar refractivity (Wildman–Crippen MR) is 72.9 cm³/mol. The molecule has 102 valence electrons. The molecule has 0 spiro atoms. The standard InChI is InChI=1S/C10H13N5O3S/c11-10(13-16)9-7(15(17)18)1-2-8(12-9)14-3-5-19-6-4-14/h1-2,16H,3-6H2,(H2,11,13). The Morgan fingerprint density at radius 2 is 2.21 bits per heavy atom. The second-order valence-corrected chi connectivity index (χ2v) is 5.10. The minimum Gasteiger partial charge on any atom is -0.409 e. The summed E-state index contributed by atoms with van der Waals surface area (Å²) in [6.45, 7) is 1.65. The lowest BCUT2D eigenvalue weighted by Gasteiger charge is -2.27. The number of pyridine rings is 1. The Kier molecular flexibility index (Phi) is 4.05. The zero-order valence-corrected chi connectivity index (χ0v) is 10.8. The summed E-state index contributed by atoms with van der Waals surface area (Å²) in [5.74, 6) is 2.21. The number of nitrogens with two attached hydrogens (primary N) is 1. The van der Waals surface area contributed by atoms with Crippen molar-refractivity contribution < 1.29 is 10.1 Å². The van der Waals surface area contributed by atoms with Gasteiger partial charge in [-0.1, -0.05) is 5.16 Å². The van der Waals surface area contributed by atoms with E-state index in [1.54, 1.807) is 6.07 Å². The van der Waals surface area contributed by atoms with Crippen LogP contribution >= 0.6 is 11.8 Å². The van der Waals surface area contributed by atoms with Crippen LogP contribution in [0, 0.1) is 10.1 Å². The van der Waals surface area contributed by atoms with Crippen molar-refractivity contribution in [3.05, 3.63) is 27.9 Å². The molecule has 0 bridgehead atoms. The summed E-state index contributed by atoms with van der Waals surface area (Å²) < 4.78 is 0. The molecule has 8 nitrogen and oxygen atoms in total. The lowest BCUT2D eigenvalue weighted by atomic mass is 10.2. The highest BCUT2D eigenvalue weighted by atomic mass is 32.2. The lowest BCUT2D eigenvalue weighted by molar-refractivity contribution is -0.385. The van der Waals surface area contributed by atoms with E-state index in [9.17, 15) is 10.1 Å². The van der Waals surface area contributed by atoms with E-state index in [2.05, 4.69) is 10.1 Å². The number of hydrogen-bond donors (Lipinski definition) is 2. The lowest BCUT2D eigenvalue weighted by Crippen LogP contribution is -2.33. The maximum atomic E-state index is 10.9. The highest BCUT2D eigenvalue weighted by Gasteiger charge is 2.22. The summed E-state index contributed by atoms with van der Waals surface area (Å²) in [6, 6.07) is 2.92. The van der Waals surface area contributed by atoms with Gasteiger partial charge in [-0.3, -0.25) is 10.1 Å². The summed E-state index contributed by atoms with van der Waals surface area (Å²) in [6.07, 6.45) is 0. The van der Waals surface area contributed by atoms with Gasteiger partial charge in [0.05, 0.1) is 4.92 Å². The van der Waals surface area contributed by atoms with Crippen molar-refractivity contribution in [2.45, 2.75) is 0 Å². The van der Waals surface area contributed by atoms with Gasteiger partial charge in [-0.05, 0) is 6.07 Å². The third-order valence-electron chi connectivity index (χ3n) is 2.74. The third kappa shape index (κ3) is 2.87. The molecule has 1 aliphatic heterocycles. The molecule has 9 heteroatoms. The summed E-state index contributed by atoms with van der Waals surface area (Å²) in [4.78, 5) is 16.5. The van der Waals surface area contributed by atoms with Crippen LogP contribution in [0.5, 0.6) is 0 Å². The minimum absolute atomic E-state index is 0.108. The molecule has 1 aromatic heterocycles. The first-order valence-electron chi connectivity index (χ1n) is 5.59. The van der Waals surface area contributed by atoms with Gasteiger partial charge in [-0.15, -0.1) is 0 Å². The quantitative estimate of drug-likeness (QED) is 0.275. The minimum atomic E-state index is -0.601. The van der Waals surface area contributed by atoms with Crippen molar-refractivity contribution in [2.75, 3.05) is 29.5 Å². The van der Waals surface area contributed by atoms with Crippen molar-refractivity contribution in [3.63, 3.8) is 0 Å². The molecule has 0 saturated carbocycles. The molecule has 0 unspecified atom stereocenters. The number of nitro groups is 1. The highest BCUT2D eigenvalue weighted by Crippen LogP contribution is 2.23. The van der Waals surface area contributed by atoms with Gasteiger partial charge in [0, 0.05) is 30.7 Å². The van der Waals surface area contributed by atoms with Crippen molar-refractivity contribution in [3.8, 4) is 0 Å². The van der Waals surface area contributed by atoms with Gasteiger partial charge in [-0.25, -0.2) is 4.98 Å². The van der Waals surface area contributed by atoms with Crippen LogP contribution in [0.1, 0.15) is 5.69 Å². The Balaban J connectivity index is 2.40. The number of rotatable bonds is 3. The van der Waals surface area contributed by atoms with Gasteiger partial charge in [-0.2, -0.15) is 11.8 Å². The fourth-order valence-electron chi connectivity index (χ4n) is 1.79. The molecule has 0 aliphatic carbocycles. The Morgan fingerprint density at radius 1 is 1.53 bits per heavy atom. The number of oxime groups is 1. The predicted octanol–water partition coefficient (Wildman–Crippen LogP) is 0.637. The first-order chi connectivity index (χ1) is 9.13. The number of hydrogen-bond acceptors (Lipinski definition) is 7.